The van der Waals surface area contributed by atoms with Crippen LogP contribution in [-0.2, 0) is 4.79 Å². The zero-order chi connectivity index (χ0) is 16.7. The normalized spacial score (nSPS) is 16.6. The second-order valence-corrected chi connectivity index (χ2v) is 6.44. The number of anilines is 1. The van der Waals surface area contributed by atoms with Gasteiger partial charge in [-0.2, -0.15) is 4.37 Å². The number of fused-ring (bicyclic) bond motifs is 1. The molecule has 1 N–H and O–H groups in total. The molecule has 120 valence electrons. The summed E-state index contributed by atoms with van der Waals surface area (Å²) < 4.78 is 31.1. The summed E-state index contributed by atoms with van der Waals surface area (Å²) in [6.45, 7) is 0. The van der Waals surface area contributed by atoms with E-state index in [4.69, 9.17) is 0 Å². The molecule has 0 saturated heterocycles. The molecule has 2 aromatic carbocycles. The minimum atomic E-state index is -0.355. The smallest absolute Gasteiger partial charge is 0.225 e. The molecule has 1 aliphatic heterocycles. The summed E-state index contributed by atoms with van der Waals surface area (Å²) in [6, 6.07) is 12.3. The van der Waals surface area contributed by atoms with Gasteiger partial charge < -0.3 is 5.32 Å². The number of nitrogens with one attached hydrogen (secondary N) is 1. The maximum Gasteiger partial charge on any atom is 0.225 e. The Hall–Kier alpha value is -2.60. The van der Waals surface area contributed by atoms with Gasteiger partial charge in [-0.3, -0.25) is 4.79 Å². The van der Waals surface area contributed by atoms with E-state index < -0.39 is 0 Å². The quantitative estimate of drug-likeness (QED) is 0.742. The van der Waals surface area contributed by atoms with Crippen LogP contribution < -0.4 is 5.32 Å². The molecule has 3 nitrogen and oxygen atoms in total. The van der Waals surface area contributed by atoms with E-state index in [0.29, 0.717) is 16.9 Å². The average molecular weight is 342 g/mol. The van der Waals surface area contributed by atoms with Gasteiger partial charge in [0.25, 0.3) is 0 Å². The number of rotatable bonds is 2. The van der Waals surface area contributed by atoms with E-state index >= 15 is 0 Å². The van der Waals surface area contributed by atoms with Crippen LogP contribution in [0.3, 0.4) is 0 Å². The van der Waals surface area contributed by atoms with E-state index in [1.807, 2.05) is 0 Å². The Morgan fingerprint density at radius 2 is 1.88 bits per heavy atom. The highest BCUT2D eigenvalue weighted by Crippen LogP contribution is 2.44. The van der Waals surface area contributed by atoms with E-state index in [1.165, 1.54) is 35.8 Å². The zero-order valence-corrected chi connectivity index (χ0v) is 13.2. The Bertz CT molecular complexity index is 921. The molecule has 1 aromatic heterocycles. The lowest BCUT2D eigenvalue weighted by atomic mass is 9.89. The lowest BCUT2D eigenvalue weighted by Gasteiger charge is -2.22. The highest BCUT2D eigenvalue weighted by molar-refractivity contribution is 7.07. The molecule has 0 spiro atoms. The average Bonchev–Trinajstić information content (AvgIpc) is 2.98. The minimum absolute atomic E-state index is 0.130. The monoisotopic (exact) mass is 342 g/mol. The van der Waals surface area contributed by atoms with E-state index in [1.54, 1.807) is 24.3 Å². The number of carbonyl (C=O) groups is 1. The largest absolute Gasteiger partial charge is 0.323 e. The summed E-state index contributed by atoms with van der Waals surface area (Å²) in [5.74, 6) is -0.973. The van der Waals surface area contributed by atoms with Crippen LogP contribution >= 0.6 is 11.5 Å². The Labute approximate surface area is 141 Å². The van der Waals surface area contributed by atoms with Crippen LogP contribution in [0.4, 0.5) is 14.5 Å². The SMILES string of the molecule is O=C1CC(c2ccc(F)cc2)c2snc(-c3cccc(F)c3)c2N1. The number of hydrogen-bond donors (Lipinski definition) is 1. The second kappa shape index (κ2) is 5.79. The predicted octanol–water partition coefficient (Wildman–Crippen LogP) is 4.56. The number of aromatic nitrogens is 1. The van der Waals surface area contributed by atoms with Crippen molar-refractivity contribution in [3.05, 3.63) is 70.6 Å². The van der Waals surface area contributed by atoms with Gasteiger partial charge in [-0.1, -0.05) is 24.3 Å². The summed E-state index contributed by atoms with van der Waals surface area (Å²) in [7, 11) is 0. The van der Waals surface area contributed by atoms with Gasteiger partial charge in [0.1, 0.15) is 17.3 Å². The van der Waals surface area contributed by atoms with Gasteiger partial charge >= 0.3 is 0 Å². The summed E-state index contributed by atoms with van der Waals surface area (Å²) >= 11 is 1.28. The first kappa shape index (κ1) is 15.0. The standard InChI is InChI=1S/C18H12F2N2OS/c19-12-6-4-10(5-7-12)14-9-15(23)21-17-16(22-24-18(14)17)11-2-1-3-13(20)8-11/h1-8,14H,9H2,(H,21,23). The van der Waals surface area contributed by atoms with Gasteiger partial charge in [-0.25, -0.2) is 8.78 Å². The number of amides is 1. The molecule has 1 unspecified atom stereocenters. The molecule has 1 atom stereocenters. The first-order valence-corrected chi connectivity index (χ1v) is 8.20. The molecule has 0 fully saturated rings. The second-order valence-electron chi connectivity index (χ2n) is 5.64. The van der Waals surface area contributed by atoms with E-state index in [-0.39, 0.29) is 29.9 Å². The Morgan fingerprint density at radius 1 is 1.08 bits per heavy atom. The third kappa shape index (κ3) is 2.59. The van der Waals surface area contributed by atoms with Gasteiger partial charge in [0.15, 0.2) is 0 Å². The summed E-state index contributed by atoms with van der Waals surface area (Å²) in [6.07, 6.45) is 0.281. The van der Waals surface area contributed by atoms with Crippen LogP contribution in [-0.4, -0.2) is 10.3 Å². The van der Waals surface area contributed by atoms with E-state index in [2.05, 4.69) is 9.69 Å². The maximum atomic E-state index is 13.5. The number of halogens is 2. The van der Waals surface area contributed by atoms with Crippen molar-refractivity contribution in [3.8, 4) is 11.3 Å². The van der Waals surface area contributed by atoms with Crippen molar-refractivity contribution in [2.24, 2.45) is 0 Å². The molecule has 0 bridgehead atoms. The fourth-order valence-electron chi connectivity index (χ4n) is 2.93. The van der Waals surface area contributed by atoms with Crippen molar-refractivity contribution in [1.29, 1.82) is 0 Å². The summed E-state index contributed by atoms with van der Waals surface area (Å²) in [4.78, 5) is 13.0. The highest BCUT2D eigenvalue weighted by Gasteiger charge is 2.31. The topological polar surface area (TPSA) is 42.0 Å². The first-order valence-electron chi connectivity index (χ1n) is 7.42. The highest BCUT2D eigenvalue weighted by atomic mass is 32.1. The van der Waals surface area contributed by atoms with E-state index in [0.717, 1.165) is 10.4 Å². The molecule has 4 rings (SSSR count). The van der Waals surface area contributed by atoms with Crippen LogP contribution in [0.1, 0.15) is 22.8 Å². The molecular formula is C18H12F2N2OS. The van der Waals surface area contributed by atoms with Crippen molar-refractivity contribution < 1.29 is 13.6 Å². The number of benzene rings is 2. The lowest BCUT2D eigenvalue weighted by Crippen LogP contribution is -2.22. The predicted molar refractivity (Wildman–Crippen MR) is 89.0 cm³/mol. The first-order chi connectivity index (χ1) is 11.6. The number of hydrogen-bond acceptors (Lipinski definition) is 3. The van der Waals surface area contributed by atoms with Gasteiger partial charge in [-0.15, -0.1) is 0 Å². The van der Waals surface area contributed by atoms with Crippen molar-refractivity contribution in [2.45, 2.75) is 12.3 Å². The van der Waals surface area contributed by atoms with Crippen molar-refractivity contribution in [3.63, 3.8) is 0 Å². The molecule has 0 radical (unpaired) electrons. The molecule has 0 saturated carbocycles. The van der Waals surface area contributed by atoms with Crippen molar-refractivity contribution >= 4 is 23.1 Å². The molecule has 0 aliphatic carbocycles. The van der Waals surface area contributed by atoms with Crippen molar-refractivity contribution in [2.75, 3.05) is 5.32 Å². The summed E-state index contributed by atoms with van der Waals surface area (Å²) in [5, 5.41) is 2.85. The number of carbonyl (C=O) groups excluding carboxylic acids is 1. The summed E-state index contributed by atoms with van der Waals surface area (Å²) in [5.41, 5.74) is 2.67. The molecular weight excluding hydrogens is 330 g/mol. The van der Waals surface area contributed by atoms with Crippen LogP contribution in [0, 0.1) is 11.6 Å². The van der Waals surface area contributed by atoms with Gasteiger partial charge in [0, 0.05) is 17.9 Å². The van der Waals surface area contributed by atoms with Crippen LogP contribution in [0.15, 0.2) is 48.5 Å². The Kier molecular flexibility index (Phi) is 3.61. The van der Waals surface area contributed by atoms with Gasteiger partial charge in [-0.05, 0) is 41.4 Å². The van der Waals surface area contributed by atoms with Crippen LogP contribution in [0.25, 0.3) is 11.3 Å². The fourth-order valence-corrected chi connectivity index (χ4v) is 3.90. The Morgan fingerprint density at radius 3 is 2.62 bits per heavy atom. The van der Waals surface area contributed by atoms with Gasteiger partial charge in [0.2, 0.25) is 5.91 Å². The number of nitrogens with zero attached hydrogens (tertiary/aromatic N) is 1. The van der Waals surface area contributed by atoms with E-state index in [9.17, 15) is 13.6 Å². The van der Waals surface area contributed by atoms with Crippen LogP contribution in [0.2, 0.25) is 0 Å². The molecule has 24 heavy (non-hydrogen) atoms. The zero-order valence-electron chi connectivity index (χ0n) is 12.4. The molecule has 6 heteroatoms. The third-order valence-electron chi connectivity index (χ3n) is 4.06. The third-order valence-corrected chi connectivity index (χ3v) is 5.02. The maximum absolute atomic E-state index is 13.5. The lowest BCUT2D eigenvalue weighted by molar-refractivity contribution is -0.116. The minimum Gasteiger partial charge on any atom is -0.323 e. The molecule has 2 heterocycles. The Balaban J connectivity index is 1.81. The molecule has 1 aliphatic rings. The van der Waals surface area contributed by atoms with Crippen molar-refractivity contribution in [1.82, 2.24) is 4.37 Å². The van der Waals surface area contributed by atoms with Crippen LogP contribution in [0.5, 0.6) is 0 Å². The molecule has 3 aromatic rings. The van der Waals surface area contributed by atoms with Gasteiger partial charge in [0.05, 0.1) is 10.6 Å². The molecule has 1 amide bonds. The fraction of sp³-hybridized carbons (Fsp3) is 0.111.